The highest BCUT2D eigenvalue weighted by Gasteiger charge is 2.10. The van der Waals surface area contributed by atoms with Crippen LogP contribution in [0.4, 0.5) is 11.4 Å². The molecule has 0 saturated heterocycles. The molecule has 118 valence electrons. The van der Waals surface area contributed by atoms with E-state index in [4.69, 9.17) is 4.74 Å². The minimum absolute atomic E-state index is 0.0835. The van der Waals surface area contributed by atoms with Crippen LogP contribution in [0.2, 0.25) is 0 Å². The molecule has 0 aliphatic carbocycles. The highest BCUT2D eigenvalue weighted by atomic mass is 16.6. The first-order valence-electron chi connectivity index (χ1n) is 6.45. The lowest BCUT2D eigenvalue weighted by molar-refractivity contribution is -0.384. The number of nitro groups is 1. The molecule has 2 aromatic carbocycles. The number of carbonyl (C=O) groups excluding carboxylic acids is 2. The molecule has 2 rings (SSSR count). The van der Waals surface area contributed by atoms with Crippen LogP contribution < -0.4 is 15.2 Å². The van der Waals surface area contributed by atoms with Crippen LogP contribution in [-0.4, -0.2) is 23.4 Å². The first kappa shape index (κ1) is 16.0. The average Bonchev–Trinajstić information content (AvgIpc) is 2.53. The fourth-order valence-electron chi connectivity index (χ4n) is 1.79. The topological polar surface area (TPSA) is 122 Å². The van der Waals surface area contributed by atoms with Crippen LogP contribution in [0.1, 0.15) is 10.4 Å². The van der Waals surface area contributed by atoms with Gasteiger partial charge in [0, 0.05) is 17.3 Å². The van der Waals surface area contributed by atoms with Gasteiger partial charge < -0.3 is 20.0 Å². The molecule has 8 heteroatoms. The number of amides is 1. The van der Waals surface area contributed by atoms with Crippen LogP contribution in [0.5, 0.6) is 5.75 Å². The van der Waals surface area contributed by atoms with Crippen molar-refractivity contribution in [1.82, 2.24) is 0 Å². The number of rotatable bonds is 6. The summed E-state index contributed by atoms with van der Waals surface area (Å²) >= 11 is 0. The monoisotopic (exact) mass is 315 g/mol. The minimum Gasteiger partial charge on any atom is -0.545 e. The highest BCUT2D eigenvalue weighted by molar-refractivity contribution is 6.00. The summed E-state index contributed by atoms with van der Waals surface area (Å²) < 4.78 is 5.15. The fourth-order valence-corrected chi connectivity index (χ4v) is 1.79. The molecule has 0 bridgehead atoms. The smallest absolute Gasteiger partial charge is 0.273 e. The molecular formula is C15H11N2O6-. The lowest BCUT2D eigenvalue weighted by Crippen LogP contribution is -2.26. The Morgan fingerprint density at radius 1 is 1.13 bits per heavy atom. The molecule has 2 aromatic rings. The Balaban J connectivity index is 2.00. The van der Waals surface area contributed by atoms with Gasteiger partial charge in [-0.05, 0) is 12.1 Å². The van der Waals surface area contributed by atoms with Gasteiger partial charge in [-0.2, -0.15) is 0 Å². The zero-order valence-corrected chi connectivity index (χ0v) is 11.7. The third kappa shape index (κ3) is 4.27. The highest BCUT2D eigenvalue weighted by Crippen LogP contribution is 2.19. The summed E-state index contributed by atoms with van der Waals surface area (Å²) in [7, 11) is 0. The third-order valence-corrected chi connectivity index (χ3v) is 2.82. The first-order valence-corrected chi connectivity index (χ1v) is 6.45. The molecule has 0 aromatic heterocycles. The van der Waals surface area contributed by atoms with Crippen molar-refractivity contribution in [3.05, 3.63) is 64.2 Å². The summed E-state index contributed by atoms with van der Waals surface area (Å²) in [4.78, 5) is 32.8. The molecule has 0 atom stereocenters. The van der Waals surface area contributed by atoms with E-state index in [9.17, 15) is 24.8 Å². The van der Waals surface area contributed by atoms with Crippen LogP contribution in [0, 0.1) is 10.1 Å². The maximum atomic E-state index is 11.8. The van der Waals surface area contributed by atoms with Gasteiger partial charge in [-0.15, -0.1) is 0 Å². The molecule has 0 spiro atoms. The number of anilines is 1. The molecular weight excluding hydrogens is 304 g/mol. The molecule has 23 heavy (non-hydrogen) atoms. The van der Waals surface area contributed by atoms with E-state index >= 15 is 0 Å². The summed E-state index contributed by atoms with van der Waals surface area (Å²) in [6.45, 7) is -0.428. The van der Waals surface area contributed by atoms with Crippen molar-refractivity contribution >= 4 is 23.3 Å². The zero-order valence-electron chi connectivity index (χ0n) is 11.7. The van der Waals surface area contributed by atoms with E-state index in [2.05, 4.69) is 5.32 Å². The fraction of sp³-hybridized carbons (Fsp3) is 0.0667. The number of hydrogen-bond donors (Lipinski definition) is 1. The third-order valence-electron chi connectivity index (χ3n) is 2.82. The molecule has 0 aliphatic heterocycles. The van der Waals surface area contributed by atoms with Crippen molar-refractivity contribution in [1.29, 1.82) is 0 Å². The molecule has 1 amide bonds. The average molecular weight is 315 g/mol. The zero-order chi connectivity index (χ0) is 16.8. The number of carboxylic acids is 1. The Morgan fingerprint density at radius 2 is 1.87 bits per heavy atom. The second-order valence-electron chi connectivity index (χ2n) is 4.42. The number of aromatic carboxylic acids is 1. The normalized spacial score (nSPS) is 9.91. The standard InChI is InChI=1S/C15H12N2O6/c18-14(16-13-7-2-1-6-12(13)15(19)20)9-23-11-5-3-4-10(8-11)17(21)22/h1-8H,9H2,(H,16,18)(H,19,20)/p-1. The SMILES string of the molecule is O=C(COc1cccc([N+](=O)[O-])c1)Nc1ccccc1C(=O)[O-]. The Labute approximate surface area is 130 Å². The van der Waals surface area contributed by atoms with Gasteiger partial charge in [0.15, 0.2) is 6.61 Å². The summed E-state index contributed by atoms with van der Waals surface area (Å²) in [6.07, 6.45) is 0. The van der Waals surface area contributed by atoms with E-state index < -0.39 is 23.4 Å². The van der Waals surface area contributed by atoms with Crippen molar-refractivity contribution in [2.75, 3.05) is 11.9 Å². The lowest BCUT2D eigenvalue weighted by Gasteiger charge is -2.12. The number of nitrogens with one attached hydrogen (secondary N) is 1. The first-order chi connectivity index (χ1) is 11.0. The molecule has 1 N–H and O–H groups in total. The minimum atomic E-state index is -1.42. The maximum Gasteiger partial charge on any atom is 0.273 e. The number of benzene rings is 2. The number of carboxylic acid groups (broad SMARTS) is 1. The van der Waals surface area contributed by atoms with E-state index in [-0.39, 0.29) is 22.7 Å². The van der Waals surface area contributed by atoms with E-state index in [1.54, 1.807) is 6.07 Å². The number of nitrogens with zero attached hydrogens (tertiary/aromatic N) is 1. The van der Waals surface area contributed by atoms with Crippen LogP contribution in [0.15, 0.2) is 48.5 Å². The van der Waals surface area contributed by atoms with Gasteiger partial charge in [0.1, 0.15) is 5.75 Å². The second kappa shape index (κ2) is 7.03. The Hall–Kier alpha value is -3.42. The number of non-ortho nitro benzene ring substituents is 1. The molecule has 0 unspecified atom stereocenters. The summed E-state index contributed by atoms with van der Waals surface area (Å²) in [5, 5.41) is 24.0. The summed E-state index contributed by atoms with van der Waals surface area (Å²) in [5.41, 5.74) is -0.235. The lowest BCUT2D eigenvalue weighted by atomic mass is 10.2. The van der Waals surface area contributed by atoms with Gasteiger partial charge in [-0.1, -0.05) is 24.3 Å². The van der Waals surface area contributed by atoms with Gasteiger partial charge in [-0.25, -0.2) is 0 Å². The van der Waals surface area contributed by atoms with Crippen LogP contribution in [0.3, 0.4) is 0 Å². The number of nitro benzene ring substituents is 1. The number of carbonyl (C=O) groups is 2. The largest absolute Gasteiger partial charge is 0.545 e. The van der Waals surface area contributed by atoms with Crippen molar-refractivity contribution in [3.8, 4) is 5.75 Å². The summed E-state index contributed by atoms with van der Waals surface area (Å²) in [6, 6.07) is 11.1. The van der Waals surface area contributed by atoms with Gasteiger partial charge in [-0.3, -0.25) is 14.9 Å². The maximum absolute atomic E-state index is 11.8. The van der Waals surface area contributed by atoms with Crippen molar-refractivity contribution in [3.63, 3.8) is 0 Å². The molecule has 8 nitrogen and oxygen atoms in total. The van der Waals surface area contributed by atoms with Gasteiger partial charge in [0.2, 0.25) is 0 Å². The van der Waals surface area contributed by atoms with Crippen LogP contribution in [0.25, 0.3) is 0 Å². The Bertz CT molecular complexity index is 759. The Kier molecular flexibility index (Phi) is 4.88. The number of hydrogen-bond acceptors (Lipinski definition) is 6. The van der Waals surface area contributed by atoms with Crippen LogP contribution in [-0.2, 0) is 4.79 Å². The van der Waals surface area contributed by atoms with E-state index in [0.717, 1.165) is 0 Å². The molecule has 0 heterocycles. The van der Waals surface area contributed by atoms with E-state index in [0.29, 0.717) is 0 Å². The van der Waals surface area contributed by atoms with Crippen LogP contribution >= 0.6 is 0 Å². The number of para-hydroxylation sites is 1. The van der Waals surface area contributed by atoms with Crippen molar-refractivity contribution in [2.45, 2.75) is 0 Å². The van der Waals surface area contributed by atoms with Gasteiger partial charge in [0.05, 0.1) is 17.0 Å². The van der Waals surface area contributed by atoms with Crippen molar-refractivity contribution < 1.29 is 24.4 Å². The molecule has 0 fully saturated rings. The molecule has 0 aliphatic rings. The molecule has 0 saturated carbocycles. The summed E-state index contributed by atoms with van der Waals surface area (Å²) in [5.74, 6) is -1.87. The van der Waals surface area contributed by atoms with E-state index in [1.807, 2.05) is 0 Å². The van der Waals surface area contributed by atoms with Crippen molar-refractivity contribution in [2.24, 2.45) is 0 Å². The van der Waals surface area contributed by atoms with E-state index in [1.165, 1.54) is 42.5 Å². The predicted molar refractivity (Wildman–Crippen MR) is 78.0 cm³/mol. The number of ether oxygens (including phenoxy) is 1. The Morgan fingerprint density at radius 3 is 2.57 bits per heavy atom. The quantitative estimate of drug-likeness (QED) is 0.626. The predicted octanol–water partition coefficient (Wildman–Crippen LogP) is 0.976. The molecule has 0 radical (unpaired) electrons. The van der Waals surface area contributed by atoms with Gasteiger partial charge >= 0.3 is 0 Å². The van der Waals surface area contributed by atoms with Gasteiger partial charge in [0.25, 0.3) is 11.6 Å². The second-order valence-corrected chi connectivity index (χ2v) is 4.42.